The summed E-state index contributed by atoms with van der Waals surface area (Å²) in [7, 11) is 3.32. The highest BCUT2D eigenvalue weighted by atomic mass is 16.5. The standard InChI is InChI=1S/C18H29N5O2/c1-4-20-18(22-13-15-6-5-9-21-17(15)25-3)23-10-7-14(8-11-23)12-16(24)19-2/h5-6,9,14H,4,7-8,10-13H2,1-3H3,(H,19,24)(H,20,22). The maximum atomic E-state index is 11.5. The Bertz CT molecular complexity index is 583. The minimum absolute atomic E-state index is 0.127. The van der Waals surface area contributed by atoms with Gasteiger partial charge in [-0.15, -0.1) is 0 Å². The summed E-state index contributed by atoms with van der Waals surface area (Å²) >= 11 is 0. The number of guanidine groups is 1. The monoisotopic (exact) mass is 347 g/mol. The third-order valence-corrected chi connectivity index (χ3v) is 4.44. The van der Waals surface area contributed by atoms with Crippen molar-refractivity contribution in [3.8, 4) is 5.88 Å². The molecule has 0 atom stereocenters. The Balaban J connectivity index is 1.97. The van der Waals surface area contributed by atoms with E-state index in [1.165, 1.54) is 0 Å². The third-order valence-electron chi connectivity index (χ3n) is 4.44. The molecular formula is C18H29N5O2. The molecule has 1 aliphatic rings. The highest BCUT2D eigenvalue weighted by Crippen LogP contribution is 2.21. The molecular weight excluding hydrogens is 318 g/mol. The normalized spacial score (nSPS) is 15.8. The zero-order valence-corrected chi connectivity index (χ0v) is 15.4. The van der Waals surface area contributed by atoms with E-state index < -0.39 is 0 Å². The topological polar surface area (TPSA) is 78.9 Å². The zero-order chi connectivity index (χ0) is 18.1. The maximum Gasteiger partial charge on any atom is 0.220 e. The smallest absolute Gasteiger partial charge is 0.220 e. The first-order valence-electron chi connectivity index (χ1n) is 8.89. The molecule has 0 aromatic carbocycles. The summed E-state index contributed by atoms with van der Waals surface area (Å²) < 4.78 is 5.29. The van der Waals surface area contributed by atoms with Gasteiger partial charge in [-0.05, 0) is 31.7 Å². The van der Waals surface area contributed by atoms with Crippen LogP contribution in [0.3, 0.4) is 0 Å². The SMILES string of the molecule is CCNC(=NCc1cccnc1OC)N1CCC(CC(=O)NC)CC1. The number of aromatic nitrogens is 1. The molecule has 2 rings (SSSR count). The van der Waals surface area contributed by atoms with Gasteiger partial charge in [0.05, 0.1) is 13.7 Å². The van der Waals surface area contributed by atoms with Crippen molar-refractivity contribution < 1.29 is 9.53 Å². The number of rotatable bonds is 6. The second-order valence-electron chi connectivity index (χ2n) is 6.15. The quantitative estimate of drug-likeness (QED) is 0.601. The molecule has 1 aromatic rings. The van der Waals surface area contributed by atoms with Crippen LogP contribution in [0.4, 0.5) is 0 Å². The molecule has 25 heavy (non-hydrogen) atoms. The highest BCUT2D eigenvalue weighted by Gasteiger charge is 2.23. The van der Waals surface area contributed by atoms with Gasteiger partial charge in [0.2, 0.25) is 11.8 Å². The van der Waals surface area contributed by atoms with Crippen LogP contribution >= 0.6 is 0 Å². The van der Waals surface area contributed by atoms with Crippen LogP contribution in [0, 0.1) is 5.92 Å². The lowest BCUT2D eigenvalue weighted by Crippen LogP contribution is -2.46. The largest absolute Gasteiger partial charge is 0.481 e. The first-order chi connectivity index (χ1) is 12.2. The van der Waals surface area contributed by atoms with Crippen molar-refractivity contribution in [1.82, 2.24) is 20.5 Å². The first-order valence-corrected chi connectivity index (χ1v) is 8.89. The number of nitrogens with zero attached hydrogens (tertiary/aromatic N) is 3. The average Bonchev–Trinajstić information content (AvgIpc) is 2.66. The lowest BCUT2D eigenvalue weighted by Gasteiger charge is -2.34. The molecule has 1 aromatic heterocycles. The number of ether oxygens (including phenoxy) is 1. The van der Waals surface area contributed by atoms with Gasteiger partial charge in [-0.3, -0.25) is 4.79 Å². The van der Waals surface area contributed by atoms with Gasteiger partial charge in [-0.25, -0.2) is 9.98 Å². The minimum atomic E-state index is 0.127. The van der Waals surface area contributed by atoms with Crippen molar-refractivity contribution in [3.63, 3.8) is 0 Å². The van der Waals surface area contributed by atoms with E-state index in [-0.39, 0.29) is 5.91 Å². The van der Waals surface area contributed by atoms with E-state index in [2.05, 4.69) is 27.4 Å². The molecule has 1 fully saturated rings. The van der Waals surface area contributed by atoms with E-state index in [1.807, 2.05) is 12.1 Å². The number of likely N-dealkylation sites (tertiary alicyclic amines) is 1. The second-order valence-corrected chi connectivity index (χ2v) is 6.15. The van der Waals surface area contributed by atoms with Gasteiger partial charge >= 0.3 is 0 Å². The fourth-order valence-corrected chi connectivity index (χ4v) is 3.03. The molecule has 0 saturated carbocycles. The molecule has 0 bridgehead atoms. The van der Waals surface area contributed by atoms with E-state index in [1.54, 1.807) is 20.4 Å². The van der Waals surface area contributed by atoms with Crippen molar-refractivity contribution in [1.29, 1.82) is 0 Å². The molecule has 0 spiro atoms. The van der Waals surface area contributed by atoms with Gasteiger partial charge in [0.1, 0.15) is 0 Å². The highest BCUT2D eigenvalue weighted by molar-refractivity contribution is 5.80. The summed E-state index contributed by atoms with van der Waals surface area (Å²) in [6, 6.07) is 3.87. The van der Waals surface area contributed by atoms with Crippen molar-refractivity contribution in [2.75, 3.05) is 33.8 Å². The Kier molecular flexibility index (Phi) is 7.50. The van der Waals surface area contributed by atoms with Gasteiger partial charge in [-0.1, -0.05) is 6.07 Å². The summed E-state index contributed by atoms with van der Waals surface area (Å²) in [6.45, 7) is 5.24. The molecule has 0 unspecified atom stereocenters. The Morgan fingerprint density at radius 2 is 2.20 bits per heavy atom. The Labute approximate surface area is 149 Å². The zero-order valence-electron chi connectivity index (χ0n) is 15.4. The Hall–Kier alpha value is -2.31. The van der Waals surface area contributed by atoms with Gasteiger partial charge in [-0.2, -0.15) is 0 Å². The number of amides is 1. The van der Waals surface area contributed by atoms with E-state index in [9.17, 15) is 4.79 Å². The van der Waals surface area contributed by atoms with Crippen molar-refractivity contribution >= 4 is 11.9 Å². The molecule has 0 radical (unpaired) electrons. The number of aliphatic imine (C=N–C) groups is 1. The number of nitrogens with one attached hydrogen (secondary N) is 2. The number of piperidine rings is 1. The lowest BCUT2D eigenvalue weighted by atomic mass is 9.93. The van der Waals surface area contributed by atoms with Crippen LogP contribution in [0.25, 0.3) is 0 Å². The number of methoxy groups -OCH3 is 1. The second kappa shape index (κ2) is 9.86. The molecule has 7 nitrogen and oxygen atoms in total. The number of hydrogen-bond donors (Lipinski definition) is 2. The number of carbonyl (C=O) groups is 1. The van der Waals surface area contributed by atoms with Crippen molar-refractivity contribution in [3.05, 3.63) is 23.9 Å². The molecule has 138 valence electrons. The summed E-state index contributed by atoms with van der Waals surface area (Å²) in [5.41, 5.74) is 0.968. The molecule has 2 N–H and O–H groups in total. The molecule has 1 amide bonds. The van der Waals surface area contributed by atoms with Crippen molar-refractivity contribution in [2.24, 2.45) is 10.9 Å². The van der Waals surface area contributed by atoms with Gasteiger partial charge in [0, 0.05) is 44.9 Å². The fraction of sp³-hybridized carbons (Fsp3) is 0.611. The molecule has 1 saturated heterocycles. The van der Waals surface area contributed by atoms with Crippen LogP contribution in [-0.4, -0.2) is 55.5 Å². The summed E-state index contributed by atoms with van der Waals surface area (Å²) in [5.74, 6) is 2.11. The van der Waals surface area contributed by atoms with Crippen LogP contribution in [0.2, 0.25) is 0 Å². The Morgan fingerprint density at radius 1 is 1.44 bits per heavy atom. The van der Waals surface area contributed by atoms with Crippen LogP contribution in [0.5, 0.6) is 5.88 Å². The molecule has 7 heteroatoms. The Morgan fingerprint density at radius 3 is 2.84 bits per heavy atom. The summed E-state index contributed by atoms with van der Waals surface area (Å²) in [5, 5.41) is 6.07. The summed E-state index contributed by atoms with van der Waals surface area (Å²) in [6.07, 6.45) is 4.35. The molecule has 0 aliphatic carbocycles. The molecule has 1 aliphatic heterocycles. The van der Waals surface area contributed by atoms with Gasteiger partial charge < -0.3 is 20.3 Å². The lowest BCUT2D eigenvalue weighted by molar-refractivity contribution is -0.121. The first kappa shape index (κ1) is 19.0. The predicted molar refractivity (Wildman–Crippen MR) is 98.6 cm³/mol. The van der Waals surface area contributed by atoms with Gasteiger partial charge in [0.15, 0.2) is 5.96 Å². The fourth-order valence-electron chi connectivity index (χ4n) is 3.03. The minimum Gasteiger partial charge on any atom is -0.481 e. The van der Waals surface area contributed by atoms with Crippen LogP contribution in [0.15, 0.2) is 23.3 Å². The molecule has 2 heterocycles. The predicted octanol–water partition coefficient (Wildman–Crippen LogP) is 1.40. The van der Waals surface area contributed by atoms with Crippen LogP contribution in [-0.2, 0) is 11.3 Å². The van der Waals surface area contributed by atoms with Crippen LogP contribution < -0.4 is 15.4 Å². The van der Waals surface area contributed by atoms with Crippen molar-refractivity contribution in [2.45, 2.75) is 32.7 Å². The number of hydrogen-bond acceptors (Lipinski definition) is 4. The van der Waals surface area contributed by atoms with E-state index in [4.69, 9.17) is 9.73 Å². The van der Waals surface area contributed by atoms with Gasteiger partial charge in [0.25, 0.3) is 0 Å². The van der Waals surface area contributed by atoms with E-state index in [0.29, 0.717) is 24.8 Å². The summed E-state index contributed by atoms with van der Waals surface area (Å²) in [4.78, 5) is 22.8. The number of pyridine rings is 1. The average molecular weight is 347 g/mol. The number of carbonyl (C=O) groups excluding carboxylic acids is 1. The van der Waals surface area contributed by atoms with Crippen LogP contribution in [0.1, 0.15) is 31.7 Å². The van der Waals surface area contributed by atoms with E-state index >= 15 is 0 Å². The van der Waals surface area contributed by atoms with E-state index in [0.717, 1.165) is 44.0 Å². The third kappa shape index (κ3) is 5.62. The maximum absolute atomic E-state index is 11.5.